The van der Waals surface area contributed by atoms with Crippen molar-refractivity contribution >= 4 is 33.8 Å². The van der Waals surface area contributed by atoms with Crippen LogP contribution in [0.1, 0.15) is 23.9 Å². The Bertz CT molecular complexity index is 755. The number of aryl methyl sites for hydroxylation is 1. The molecule has 0 radical (unpaired) electrons. The van der Waals surface area contributed by atoms with Crippen LogP contribution in [0.4, 0.5) is 5.69 Å². The van der Waals surface area contributed by atoms with E-state index in [1.165, 1.54) is 13.0 Å². The Morgan fingerprint density at radius 1 is 1.39 bits per heavy atom. The van der Waals surface area contributed by atoms with Gasteiger partial charge in [-0.05, 0) is 43.7 Å². The quantitative estimate of drug-likeness (QED) is 0.548. The van der Waals surface area contributed by atoms with Crippen molar-refractivity contribution in [2.75, 3.05) is 13.7 Å². The van der Waals surface area contributed by atoms with Crippen molar-refractivity contribution in [3.8, 4) is 11.5 Å². The van der Waals surface area contributed by atoms with Gasteiger partial charge in [0, 0.05) is 4.47 Å². The maximum absolute atomic E-state index is 11.0. The number of nitro groups is 1. The van der Waals surface area contributed by atoms with Gasteiger partial charge in [-0.2, -0.15) is 0 Å². The highest BCUT2D eigenvalue weighted by Gasteiger charge is 2.22. The van der Waals surface area contributed by atoms with Crippen molar-refractivity contribution in [3.63, 3.8) is 0 Å². The van der Waals surface area contributed by atoms with Crippen LogP contribution in [0, 0.1) is 17.0 Å². The molecular weight excluding hydrogens is 368 g/mol. The number of rotatable bonds is 6. The van der Waals surface area contributed by atoms with E-state index >= 15 is 0 Å². The number of nitrogens with zero attached hydrogens (tertiary/aromatic N) is 2. The fraction of sp³-hybridized carbons (Fsp3) is 0.267. The first-order valence-electron chi connectivity index (χ1n) is 6.77. The lowest BCUT2D eigenvalue weighted by Crippen LogP contribution is -1.96. The molecule has 2 rings (SSSR count). The van der Waals surface area contributed by atoms with E-state index in [-0.39, 0.29) is 17.1 Å². The molecule has 0 saturated heterocycles. The van der Waals surface area contributed by atoms with Crippen LogP contribution < -0.4 is 9.47 Å². The second-order valence-corrected chi connectivity index (χ2v) is 5.38. The monoisotopic (exact) mass is 382 g/mol. The highest BCUT2D eigenvalue weighted by Crippen LogP contribution is 2.35. The Hall–Kier alpha value is -2.35. The normalized spacial score (nSPS) is 11.0. The van der Waals surface area contributed by atoms with Crippen molar-refractivity contribution in [1.29, 1.82) is 0 Å². The molecule has 0 N–H and O–H groups in total. The molecule has 0 amide bonds. The number of hydrogen-bond donors (Lipinski definition) is 0. The van der Waals surface area contributed by atoms with Crippen molar-refractivity contribution in [3.05, 3.63) is 43.7 Å². The predicted octanol–water partition coefficient (Wildman–Crippen LogP) is 4.23. The first-order chi connectivity index (χ1) is 11.0. The number of benzene rings is 1. The van der Waals surface area contributed by atoms with Gasteiger partial charge in [-0.1, -0.05) is 21.1 Å². The lowest BCUT2D eigenvalue weighted by molar-refractivity contribution is -0.386. The molecule has 8 heteroatoms. The molecule has 1 aromatic carbocycles. The average Bonchev–Trinajstić information content (AvgIpc) is 2.88. The van der Waals surface area contributed by atoms with Crippen LogP contribution in [0.25, 0.3) is 12.2 Å². The summed E-state index contributed by atoms with van der Waals surface area (Å²) in [6.45, 7) is 3.92. The molecule has 1 heterocycles. The smallest absolute Gasteiger partial charge is 0.338 e. The molecule has 0 fully saturated rings. The van der Waals surface area contributed by atoms with Gasteiger partial charge < -0.3 is 14.0 Å². The van der Waals surface area contributed by atoms with E-state index < -0.39 is 4.92 Å². The van der Waals surface area contributed by atoms with E-state index in [4.69, 9.17) is 14.0 Å². The molecule has 0 atom stereocenters. The molecule has 23 heavy (non-hydrogen) atoms. The zero-order valence-electron chi connectivity index (χ0n) is 12.8. The average molecular weight is 383 g/mol. The molecule has 0 aliphatic carbocycles. The highest BCUT2D eigenvalue weighted by atomic mass is 79.9. The van der Waals surface area contributed by atoms with E-state index in [0.717, 1.165) is 10.0 Å². The van der Waals surface area contributed by atoms with Crippen molar-refractivity contribution in [2.24, 2.45) is 0 Å². The minimum absolute atomic E-state index is 0.0900. The van der Waals surface area contributed by atoms with Gasteiger partial charge in [-0.15, -0.1) is 0 Å². The minimum Gasteiger partial charge on any atom is -0.493 e. The Morgan fingerprint density at radius 2 is 2.13 bits per heavy atom. The molecule has 0 aliphatic heterocycles. The number of aromatic nitrogens is 1. The van der Waals surface area contributed by atoms with Gasteiger partial charge in [0.1, 0.15) is 0 Å². The molecule has 0 saturated carbocycles. The second kappa shape index (κ2) is 7.28. The summed E-state index contributed by atoms with van der Waals surface area (Å²) in [5.41, 5.74) is 0.849. The lowest BCUT2D eigenvalue weighted by atomic mass is 10.1. The van der Waals surface area contributed by atoms with Crippen LogP contribution in [0.3, 0.4) is 0 Å². The minimum atomic E-state index is -0.515. The van der Waals surface area contributed by atoms with Crippen molar-refractivity contribution in [1.82, 2.24) is 5.16 Å². The van der Waals surface area contributed by atoms with Gasteiger partial charge in [-0.25, -0.2) is 0 Å². The molecule has 2 aromatic rings. The van der Waals surface area contributed by atoms with Gasteiger partial charge >= 0.3 is 5.69 Å². The molecular formula is C15H15BrN2O5. The maximum atomic E-state index is 11.0. The van der Waals surface area contributed by atoms with Gasteiger partial charge in [0.05, 0.1) is 18.6 Å². The summed E-state index contributed by atoms with van der Waals surface area (Å²) in [5, 5.41) is 14.6. The van der Waals surface area contributed by atoms with E-state index in [2.05, 4.69) is 21.1 Å². The van der Waals surface area contributed by atoms with E-state index in [9.17, 15) is 10.1 Å². The van der Waals surface area contributed by atoms with E-state index in [0.29, 0.717) is 18.1 Å². The third-order valence-electron chi connectivity index (χ3n) is 3.04. The number of ether oxygens (including phenoxy) is 2. The first kappa shape index (κ1) is 17.0. The molecule has 7 nitrogen and oxygen atoms in total. The summed E-state index contributed by atoms with van der Waals surface area (Å²) >= 11 is 3.44. The summed E-state index contributed by atoms with van der Waals surface area (Å²) in [6, 6.07) is 3.54. The van der Waals surface area contributed by atoms with Gasteiger partial charge in [0.25, 0.3) is 0 Å². The fourth-order valence-corrected chi connectivity index (χ4v) is 2.44. The van der Waals surface area contributed by atoms with Gasteiger partial charge in [0.15, 0.2) is 17.2 Å². The predicted molar refractivity (Wildman–Crippen MR) is 88.7 cm³/mol. The Balaban J connectivity index is 2.38. The lowest BCUT2D eigenvalue weighted by Gasteiger charge is -2.11. The third-order valence-corrected chi connectivity index (χ3v) is 3.72. The standard InChI is InChI=1S/C15H15BrN2O5/c1-4-22-14-8-11(16)10(7-13(14)21-3)5-6-12-15(18(19)20)9(2)17-23-12/h5-8H,4H2,1-3H3/b6-5+. The van der Waals surface area contributed by atoms with Crippen LogP contribution in [0.2, 0.25) is 0 Å². The zero-order chi connectivity index (χ0) is 17.0. The largest absolute Gasteiger partial charge is 0.493 e. The second-order valence-electron chi connectivity index (χ2n) is 4.53. The third kappa shape index (κ3) is 3.70. The Morgan fingerprint density at radius 3 is 2.74 bits per heavy atom. The maximum Gasteiger partial charge on any atom is 0.338 e. The highest BCUT2D eigenvalue weighted by molar-refractivity contribution is 9.10. The molecule has 122 valence electrons. The van der Waals surface area contributed by atoms with Gasteiger partial charge in [0.2, 0.25) is 5.76 Å². The molecule has 1 aromatic heterocycles. The molecule has 0 spiro atoms. The van der Waals surface area contributed by atoms with Crippen LogP contribution in [-0.4, -0.2) is 23.8 Å². The molecule has 0 unspecified atom stereocenters. The summed E-state index contributed by atoms with van der Waals surface area (Å²) in [6.07, 6.45) is 3.17. The van der Waals surface area contributed by atoms with Crippen LogP contribution in [0.5, 0.6) is 11.5 Å². The summed E-state index contributed by atoms with van der Waals surface area (Å²) in [4.78, 5) is 10.5. The number of halogens is 1. The summed E-state index contributed by atoms with van der Waals surface area (Å²) in [5.74, 6) is 1.27. The topological polar surface area (TPSA) is 87.6 Å². The Kier molecular flexibility index (Phi) is 5.38. The molecule has 0 bridgehead atoms. The summed E-state index contributed by atoms with van der Waals surface area (Å²) < 4.78 is 16.5. The van der Waals surface area contributed by atoms with Crippen LogP contribution >= 0.6 is 15.9 Å². The fourth-order valence-electron chi connectivity index (χ4n) is 1.99. The van der Waals surface area contributed by atoms with Crippen LogP contribution in [-0.2, 0) is 0 Å². The van der Waals surface area contributed by atoms with E-state index in [1.807, 2.05) is 6.92 Å². The number of hydrogen-bond acceptors (Lipinski definition) is 6. The first-order valence-corrected chi connectivity index (χ1v) is 7.56. The summed E-state index contributed by atoms with van der Waals surface area (Å²) in [7, 11) is 1.55. The van der Waals surface area contributed by atoms with Crippen molar-refractivity contribution < 1.29 is 18.9 Å². The molecule has 0 aliphatic rings. The number of methoxy groups -OCH3 is 1. The zero-order valence-corrected chi connectivity index (χ0v) is 14.4. The van der Waals surface area contributed by atoms with E-state index in [1.54, 1.807) is 25.3 Å². The van der Waals surface area contributed by atoms with Crippen LogP contribution in [0.15, 0.2) is 21.1 Å². The van der Waals surface area contributed by atoms with Crippen molar-refractivity contribution in [2.45, 2.75) is 13.8 Å². The Labute approximate surface area is 141 Å². The van der Waals surface area contributed by atoms with Gasteiger partial charge in [-0.3, -0.25) is 10.1 Å². The SMILES string of the molecule is CCOc1cc(Br)c(/C=C/c2onc(C)c2[N+](=O)[O-])cc1OC.